The Bertz CT molecular complexity index is 1450. The summed E-state index contributed by atoms with van der Waals surface area (Å²) in [6.07, 6.45) is 7.55. The summed E-state index contributed by atoms with van der Waals surface area (Å²) in [5.41, 5.74) is 6.45. The molecule has 0 atom stereocenters. The summed E-state index contributed by atoms with van der Waals surface area (Å²) in [5, 5.41) is 10.9. The van der Waals surface area contributed by atoms with Crippen molar-refractivity contribution in [3.63, 3.8) is 0 Å². The van der Waals surface area contributed by atoms with E-state index in [1.54, 1.807) is 17.7 Å². The first-order chi connectivity index (χ1) is 19.1. The number of thiophene rings is 1. The van der Waals surface area contributed by atoms with E-state index in [2.05, 4.69) is 68.0 Å². The van der Waals surface area contributed by atoms with Gasteiger partial charge in [-0.2, -0.15) is 0 Å². The minimum atomic E-state index is 0. The fourth-order valence-corrected chi connectivity index (χ4v) is 6.17. The monoisotopic (exact) mass is 751 g/mol. The Morgan fingerprint density at radius 1 is 1.00 bits per heavy atom. The van der Waals surface area contributed by atoms with Crippen molar-refractivity contribution in [1.29, 1.82) is 0 Å². The predicted octanol–water partition coefficient (Wildman–Crippen LogP) is 9.39. The topological polar surface area (TPSA) is 76.0 Å². The van der Waals surface area contributed by atoms with Crippen LogP contribution in [-0.2, 0) is 31.3 Å². The van der Waals surface area contributed by atoms with Gasteiger partial charge in [0.2, 0.25) is 0 Å². The van der Waals surface area contributed by atoms with E-state index in [-0.39, 0.29) is 43.5 Å². The second-order valence-electron chi connectivity index (χ2n) is 11.0. The number of ketones is 1. The van der Waals surface area contributed by atoms with Crippen LogP contribution >= 0.6 is 11.3 Å². The molecule has 4 rings (SSSR count). The van der Waals surface area contributed by atoms with Crippen LogP contribution in [0.25, 0.3) is 31.7 Å². The molecule has 1 N–H and O–H groups in total. The number of hydrogen-bond acceptors (Lipinski definition) is 6. The third-order valence-electron chi connectivity index (χ3n) is 7.28. The van der Waals surface area contributed by atoms with Gasteiger partial charge in [-0.1, -0.05) is 55.4 Å². The summed E-state index contributed by atoms with van der Waals surface area (Å²) in [6.45, 7) is 16.7. The van der Waals surface area contributed by atoms with Crippen molar-refractivity contribution in [3.8, 4) is 11.3 Å². The van der Waals surface area contributed by atoms with Crippen LogP contribution in [0.4, 0.5) is 0 Å². The predicted molar refractivity (Wildman–Crippen MR) is 169 cm³/mol. The number of aromatic nitrogens is 3. The average molecular weight is 751 g/mol. The molecule has 3 aromatic heterocycles. The van der Waals surface area contributed by atoms with Gasteiger partial charge in [0.1, 0.15) is 11.2 Å². The molecule has 0 bridgehead atoms. The van der Waals surface area contributed by atoms with Gasteiger partial charge in [-0.25, -0.2) is 9.97 Å². The van der Waals surface area contributed by atoms with Crippen LogP contribution in [0.15, 0.2) is 42.4 Å². The first-order valence-electron chi connectivity index (χ1n) is 14.6. The summed E-state index contributed by atoms with van der Waals surface area (Å²) >= 11 is 1.68. The SMILES string of the molecule is CCC(CC)C(=O)/C=C(\O)C(CC)CC.Cc1[c-]c(-c2ncnc3c2sc2nc(CC(C)C)ccc23)cc(C)c1.[Ir]. The first-order valence-corrected chi connectivity index (χ1v) is 15.4. The quantitative estimate of drug-likeness (QED) is 0.0994. The van der Waals surface area contributed by atoms with Crippen molar-refractivity contribution in [1.82, 2.24) is 15.0 Å². The van der Waals surface area contributed by atoms with Crippen LogP contribution in [0, 0.1) is 37.7 Å². The van der Waals surface area contributed by atoms with Crippen LogP contribution in [0.1, 0.15) is 84.0 Å². The van der Waals surface area contributed by atoms with E-state index in [4.69, 9.17) is 4.98 Å². The number of hydrogen-bond donors (Lipinski definition) is 1. The smallest absolute Gasteiger partial charge is 0.162 e. The van der Waals surface area contributed by atoms with Crippen molar-refractivity contribution in [2.45, 2.75) is 87.5 Å². The molecule has 0 spiro atoms. The Morgan fingerprint density at radius 2 is 1.66 bits per heavy atom. The number of aliphatic hydroxyl groups is 1. The molecule has 4 aromatic rings. The van der Waals surface area contributed by atoms with Gasteiger partial charge in [-0.3, -0.25) is 9.78 Å². The molecule has 7 heteroatoms. The molecular formula is C34H44IrN3O2S-. The molecule has 0 saturated heterocycles. The maximum Gasteiger partial charge on any atom is 0.162 e. The van der Waals surface area contributed by atoms with Crippen molar-refractivity contribution >= 4 is 37.6 Å². The van der Waals surface area contributed by atoms with Gasteiger partial charge in [-0.05, 0) is 50.2 Å². The first kappa shape index (κ1) is 34.7. The summed E-state index contributed by atoms with van der Waals surface area (Å²) in [5.74, 6) is 1.14. The molecule has 0 amide bonds. The molecule has 0 unspecified atom stereocenters. The van der Waals surface area contributed by atoms with Gasteiger partial charge in [0.25, 0.3) is 0 Å². The molecule has 5 nitrogen and oxygen atoms in total. The van der Waals surface area contributed by atoms with Crippen LogP contribution < -0.4 is 0 Å². The van der Waals surface area contributed by atoms with Crippen molar-refractivity contribution < 1.29 is 30.0 Å². The molecule has 0 saturated carbocycles. The number of aryl methyl sites for hydroxylation is 2. The van der Waals surface area contributed by atoms with Crippen LogP contribution in [0.3, 0.4) is 0 Å². The molecular weight excluding hydrogens is 707 g/mol. The average Bonchev–Trinajstić information content (AvgIpc) is 3.27. The standard InChI is InChI=1S/C21H20N3S.C13H24O2.Ir/c1-12(2)7-16-5-6-17-19-20(25-21(17)24-16)18(22-11-23-19)15-9-13(3)8-14(4)10-15;1-5-10(6-2)12(14)9-13(15)11(7-3)8-4;/h5-6,8-9,11-12H,7H2,1-4H3;9-11,14H,5-8H2,1-4H3;/q-1;;/b;12-9-;. The Labute approximate surface area is 263 Å². The summed E-state index contributed by atoms with van der Waals surface area (Å²) < 4.78 is 1.09. The molecule has 223 valence electrons. The fourth-order valence-electron chi connectivity index (χ4n) is 5.02. The zero-order valence-corrected chi connectivity index (χ0v) is 28.9. The minimum Gasteiger partial charge on any atom is -0.512 e. The zero-order chi connectivity index (χ0) is 29.4. The maximum absolute atomic E-state index is 11.7. The third kappa shape index (κ3) is 9.01. The van der Waals surface area contributed by atoms with Gasteiger partial charge in [0.05, 0.1) is 11.3 Å². The van der Waals surface area contributed by atoms with Crippen molar-refractivity contribution in [2.24, 2.45) is 17.8 Å². The molecule has 41 heavy (non-hydrogen) atoms. The Hall–Kier alpha value is -2.47. The largest absolute Gasteiger partial charge is 0.512 e. The number of nitrogens with zero attached hydrogens (tertiary/aromatic N) is 3. The molecule has 0 aliphatic heterocycles. The van der Waals surface area contributed by atoms with E-state index in [0.717, 1.165) is 75.1 Å². The van der Waals surface area contributed by atoms with E-state index in [1.165, 1.54) is 11.6 Å². The number of benzene rings is 1. The zero-order valence-electron chi connectivity index (χ0n) is 25.7. The van der Waals surface area contributed by atoms with Gasteiger partial charge in [-0.15, -0.1) is 46.2 Å². The second kappa shape index (κ2) is 16.2. The molecule has 1 radical (unpaired) electrons. The maximum atomic E-state index is 11.7. The summed E-state index contributed by atoms with van der Waals surface area (Å²) in [6, 6.07) is 12.0. The fraction of sp³-hybridized carbons (Fsp3) is 0.471. The Kier molecular flexibility index (Phi) is 13.8. The third-order valence-corrected chi connectivity index (χ3v) is 8.37. The summed E-state index contributed by atoms with van der Waals surface area (Å²) in [4.78, 5) is 26.7. The molecule has 0 aliphatic rings. The minimum absolute atomic E-state index is 0. The normalized spacial score (nSPS) is 11.7. The molecule has 0 aliphatic carbocycles. The number of carbonyl (C=O) groups is 1. The van der Waals surface area contributed by atoms with Crippen molar-refractivity contribution in [3.05, 3.63) is 65.3 Å². The number of aliphatic hydroxyl groups excluding tert-OH is 1. The van der Waals surface area contributed by atoms with Gasteiger partial charge < -0.3 is 5.11 Å². The van der Waals surface area contributed by atoms with E-state index in [0.29, 0.717) is 5.92 Å². The van der Waals surface area contributed by atoms with E-state index < -0.39 is 0 Å². The molecule has 3 heterocycles. The molecule has 1 aromatic carbocycles. The van der Waals surface area contributed by atoms with Crippen LogP contribution in [0.2, 0.25) is 0 Å². The van der Waals surface area contributed by atoms with E-state index >= 15 is 0 Å². The van der Waals surface area contributed by atoms with Gasteiger partial charge >= 0.3 is 0 Å². The second-order valence-corrected chi connectivity index (χ2v) is 12.0. The van der Waals surface area contributed by atoms with Crippen molar-refractivity contribution in [2.75, 3.05) is 0 Å². The van der Waals surface area contributed by atoms with Crippen LogP contribution in [-0.4, -0.2) is 25.8 Å². The van der Waals surface area contributed by atoms with Gasteiger partial charge in [0, 0.05) is 59.5 Å². The van der Waals surface area contributed by atoms with E-state index in [9.17, 15) is 9.90 Å². The number of carbonyl (C=O) groups excluding carboxylic acids is 1. The Balaban J connectivity index is 0.000000320. The van der Waals surface area contributed by atoms with Gasteiger partial charge in [0.15, 0.2) is 5.78 Å². The number of rotatable bonds is 10. The number of fused-ring (bicyclic) bond motifs is 3. The van der Waals surface area contributed by atoms with Crippen LogP contribution in [0.5, 0.6) is 0 Å². The van der Waals surface area contributed by atoms with E-state index in [1.807, 2.05) is 27.7 Å². The number of allylic oxidation sites excluding steroid dienone is 2. The summed E-state index contributed by atoms with van der Waals surface area (Å²) in [7, 11) is 0. The Morgan fingerprint density at radius 3 is 2.24 bits per heavy atom. The number of pyridine rings is 1. The molecule has 0 fully saturated rings.